The van der Waals surface area contributed by atoms with E-state index in [0.717, 1.165) is 22.8 Å². The number of nitrogens with zero attached hydrogens (tertiary/aromatic N) is 2. The largest absolute Gasteiger partial charge is 0.364 e. The van der Waals surface area contributed by atoms with Gasteiger partial charge in [-0.05, 0) is 39.8 Å². The maximum Gasteiger partial charge on any atom is 0.0431 e. The van der Waals surface area contributed by atoms with Crippen LogP contribution in [-0.2, 0) is 0 Å². The van der Waals surface area contributed by atoms with Gasteiger partial charge in [-0.3, -0.25) is 9.98 Å². The van der Waals surface area contributed by atoms with Gasteiger partial charge in [0.2, 0.25) is 0 Å². The fraction of sp³-hybridized carbons (Fsp3) is 0.286. The molecule has 1 heterocycles. The van der Waals surface area contributed by atoms with E-state index >= 15 is 0 Å². The lowest BCUT2D eigenvalue weighted by molar-refractivity contribution is 1.05. The summed E-state index contributed by atoms with van der Waals surface area (Å²) in [5.74, 6) is 0. The Morgan fingerprint density at radius 1 is 0.722 bits per heavy atom. The third-order valence-corrected chi connectivity index (χ3v) is 2.18. The van der Waals surface area contributed by atoms with E-state index in [9.17, 15) is 0 Å². The number of hydrogen-bond acceptors (Lipinski definition) is 4. The summed E-state index contributed by atoms with van der Waals surface area (Å²) in [5.41, 5.74) is 3.91. The molecule has 4 nitrogen and oxygen atoms in total. The third-order valence-electron chi connectivity index (χ3n) is 2.18. The third kappa shape index (κ3) is 5.84. The normalized spacial score (nSPS) is 32.7. The van der Waals surface area contributed by atoms with Crippen LogP contribution in [0.25, 0.3) is 0 Å². The lowest BCUT2D eigenvalue weighted by Crippen LogP contribution is -2.05. The maximum absolute atomic E-state index is 4.29. The molecule has 4 heteroatoms. The molecular formula is C14H20N4. The summed E-state index contributed by atoms with van der Waals surface area (Å²) in [4.78, 5) is 8.58. The van der Waals surface area contributed by atoms with Crippen molar-refractivity contribution in [1.82, 2.24) is 10.6 Å². The molecule has 0 spiro atoms. The Bertz CT molecular complexity index is 418. The van der Waals surface area contributed by atoms with Gasteiger partial charge in [-0.15, -0.1) is 0 Å². The van der Waals surface area contributed by atoms with Gasteiger partial charge in [0.15, 0.2) is 0 Å². The average molecular weight is 244 g/mol. The zero-order valence-corrected chi connectivity index (χ0v) is 11.4. The van der Waals surface area contributed by atoms with Crippen molar-refractivity contribution in [2.24, 2.45) is 9.98 Å². The van der Waals surface area contributed by atoms with E-state index in [-0.39, 0.29) is 0 Å². The van der Waals surface area contributed by atoms with Crippen molar-refractivity contribution < 1.29 is 0 Å². The molecular weight excluding hydrogens is 224 g/mol. The van der Waals surface area contributed by atoms with Gasteiger partial charge < -0.3 is 10.6 Å². The quantitative estimate of drug-likeness (QED) is 0.688. The van der Waals surface area contributed by atoms with E-state index in [4.69, 9.17) is 0 Å². The van der Waals surface area contributed by atoms with Crippen LogP contribution in [0.3, 0.4) is 0 Å². The summed E-state index contributed by atoms with van der Waals surface area (Å²) in [7, 11) is 0. The topological polar surface area (TPSA) is 48.8 Å². The van der Waals surface area contributed by atoms with Crippen LogP contribution in [0, 0.1) is 0 Å². The Morgan fingerprint density at radius 3 is 1.50 bits per heavy atom. The van der Waals surface area contributed by atoms with Crippen LogP contribution < -0.4 is 10.6 Å². The lowest BCUT2D eigenvalue weighted by Gasteiger charge is -2.02. The summed E-state index contributed by atoms with van der Waals surface area (Å²) >= 11 is 0. The van der Waals surface area contributed by atoms with Gasteiger partial charge in [0, 0.05) is 47.6 Å². The highest BCUT2D eigenvalue weighted by Gasteiger charge is 1.89. The van der Waals surface area contributed by atoms with Gasteiger partial charge in [-0.25, -0.2) is 0 Å². The highest BCUT2D eigenvalue weighted by atomic mass is 14.9. The van der Waals surface area contributed by atoms with Gasteiger partial charge in [0.05, 0.1) is 0 Å². The molecule has 1 rings (SSSR count). The molecule has 2 N–H and O–H groups in total. The van der Waals surface area contributed by atoms with Crippen molar-refractivity contribution in [2.45, 2.75) is 27.7 Å². The van der Waals surface area contributed by atoms with Crippen LogP contribution in [0.5, 0.6) is 0 Å². The van der Waals surface area contributed by atoms with Gasteiger partial charge in [0.1, 0.15) is 0 Å². The first-order valence-corrected chi connectivity index (χ1v) is 5.86. The predicted octanol–water partition coefficient (Wildman–Crippen LogP) is 2.85. The fourth-order valence-corrected chi connectivity index (χ4v) is 1.43. The van der Waals surface area contributed by atoms with Crippen molar-refractivity contribution in [3.63, 3.8) is 0 Å². The zero-order chi connectivity index (χ0) is 13.4. The molecule has 0 aliphatic carbocycles. The van der Waals surface area contributed by atoms with Crippen LogP contribution in [-0.4, -0.2) is 11.4 Å². The number of hydrogen-bond donors (Lipinski definition) is 2. The number of rotatable bonds is 0. The highest BCUT2D eigenvalue weighted by Crippen LogP contribution is 1.94. The maximum atomic E-state index is 4.29. The molecule has 0 aromatic rings. The van der Waals surface area contributed by atoms with Crippen LogP contribution in [0.1, 0.15) is 27.7 Å². The van der Waals surface area contributed by atoms with Crippen molar-refractivity contribution in [3.05, 3.63) is 48.3 Å². The Hall–Kier alpha value is -2.10. The molecule has 0 amide bonds. The predicted molar refractivity (Wildman–Crippen MR) is 78.3 cm³/mol. The zero-order valence-electron chi connectivity index (χ0n) is 11.4. The van der Waals surface area contributed by atoms with E-state index in [0.29, 0.717) is 0 Å². The molecule has 18 heavy (non-hydrogen) atoms. The number of nitrogens with one attached hydrogen (secondary N) is 2. The minimum Gasteiger partial charge on any atom is -0.364 e. The molecule has 0 fully saturated rings. The second kappa shape index (κ2) is 7.27. The van der Waals surface area contributed by atoms with E-state index in [1.54, 1.807) is 24.8 Å². The number of aliphatic imine (C=N–C) groups is 2. The first-order valence-electron chi connectivity index (χ1n) is 5.86. The SMILES string of the molecule is C/C1=C/C(C)=N\C=C/N\C(C)=C/C(C)=N/C=C\N1. The molecule has 1 aliphatic heterocycles. The van der Waals surface area contributed by atoms with E-state index in [2.05, 4.69) is 20.6 Å². The summed E-state index contributed by atoms with van der Waals surface area (Å²) in [5, 5.41) is 6.26. The Balaban J connectivity index is 2.95. The van der Waals surface area contributed by atoms with Crippen LogP contribution >= 0.6 is 0 Å². The van der Waals surface area contributed by atoms with Crippen molar-refractivity contribution in [1.29, 1.82) is 0 Å². The summed E-state index contributed by atoms with van der Waals surface area (Å²) in [6.45, 7) is 7.88. The van der Waals surface area contributed by atoms with Crippen molar-refractivity contribution in [3.8, 4) is 0 Å². The van der Waals surface area contributed by atoms with Crippen LogP contribution in [0.15, 0.2) is 58.3 Å². The Kier molecular flexibility index (Phi) is 5.64. The minimum atomic E-state index is 0.935. The van der Waals surface area contributed by atoms with Crippen molar-refractivity contribution >= 4 is 11.4 Å². The summed E-state index contributed by atoms with van der Waals surface area (Å²) < 4.78 is 0. The van der Waals surface area contributed by atoms with Gasteiger partial charge in [0.25, 0.3) is 0 Å². The smallest absolute Gasteiger partial charge is 0.0431 e. The Morgan fingerprint density at radius 2 is 1.11 bits per heavy atom. The van der Waals surface area contributed by atoms with E-state index in [1.165, 1.54) is 0 Å². The molecule has 96 valence electrons. The first-order chi connectivity index (χ1) is 8.58. The molecule has 0 aromatic carbocycles. The molecule has 0 unspecified atom stereocenters. The van der Waals surface area contributed by atoms with E-state index in [1.807, 2.05) is 39.8 Å². The first kappa shape index (κ1) is 14.0. The standard InChI is InChI=1S/C14H20N4/c1-11-9-12(2)16-7-8-18-14(4)10-13(3)17-6-5-15-11/h5-10,15,18H,1-4H3/b6-5-,8-7-,11-9-,14-10-,16-12-,17-13+. The highest BCUT2D eigenvalue weighted by molar-refractivity contribution is 5.94. The van der Waals surface area contributed by atoms with Gasteiger partial charge in [-0.2, -0.15) is 0 Å². The molecule has 0 atom stereocenters. The summed E-state index contributed by atoms with van der Waals surface area (Å²) in [6, 6.07) is 0. The van der Waals surface area contributed by atoms with Crippen LogP contribution in [0.4, 0.5) is 0 Å². The second-order valence-electron chi connectivity index (χ2n) is 4.12. The summed E-state index contributed by atoms with van der Waals surface area (Å²) in [6.07, 6.45) is 11.0. The molecule has 0 bridgehead atoms. The molecule has 0 saturated heterocycles. The molecule has 0 radical (unpaired) electrons. The molecule has 1 aliphatic rings. The monoisotopic (exact) mass is 244 g/mol. The van der Waals surface area contributed by atoms with Crippen LogP contribution in [0.2, 0.25) is 0 Å². The molecule has 0 aromatic heterocycles. The minimum absolute atomic E-state index is 0.935. The Labute approximate surface area is 109 Å². The van der Waals surface area contributed by atoms with Gasteiger partial charge >= 0.3 is 0 Å². The van der Waals surface area contributed by atoms with E-state index < -0.39 is 0 Å². The fourth-order valence-electron chi connectivity index (χ4n) is 1.43. The number of allylic oxidation sites excluding steroid dienone is 4. The average Bonchev–Trinajstić information content (AvgIpc) is 2.29. The van der Waals surface area contributed by atoms with Crippen molar-refractivity contribution in [2.75, 3.05) is 0 Å². The van der Waals surface area contributed by atoms with Gasteiger partial charge in [-0.1, -0.05) is 0 Å². The second-order valence-corrected chi connectivity index (χ2v) is 4.12. The molecule has 0 saturated carbocycles. The lowest BCUT2D eigenvalue weighted by atomic mass is 10.3.